The zero-order chi connectivity index (χ0) is 25.8. The Morgan fingerprint density at radius 1 is 1.03 bits per heavy atom. The highest BCUT2D eigenvalue weighted by Crippen LogP contribution is 2.47. The summed E-state index contributed by atoms with van der Waals surface area (Å²) < 4.78 is 5.32. The summed E-state index contributed by atoms with van der Waals surface area (Å²) in [6.07, 6.45) is 7.85. The van der Waals surface area contributed by atoms with Gasteiger partial charge in [-0.15, -0.1) is 0 Å². The number of benzene rings is 2. The lowest BCUT2D eigenvalue weighted by molar-refractivity contribution is -0.119. The van der Waals surface area contributed by atoms with Gasteiger partial charge in [0.05, 0.1) is 24.5 Å². The number of para-hydroxylation sites is 2. The quantitative estimate of drug-likeness (QED) is 0.375. The number of hydrogen-bond acceptors (Lipinski definition) is 5. The van der Waals surface area contributed by atoms with Gasteiger partial charge in [0.1, 0.15) is 5.75 Å². The third-order valence-electron chi connectivity index (χ3n) is 7.34. The van der Waals surface area contributed by atoms with Gasteiger partial charge in [-0.25, -0.2) is 0 Å². The van der Waals surface area contributed by atoms with Crippen LogP contribution in [-0.4, -0.2) is 23.8 Å². The predicted octanol–water partition coefficient (Wildman–Crippen LogP) is 6.57. The molecule has 6 heteroatoms. The normalized spacial score (nSPS) is 19.0. The number of hydrogen-bond donors (Lipinski definition) is 1. The van der Waals surface area contributed by atoms with Crippen molar-refractivity contribution < 1.29 is 14.3 Å². The number of pyridine rings is 1. The van der Waals surface area contributed by atoms with Crippen molar-refractivity contribution in [1.82, 2.24) is 4.98 Å². The van der Waals surface area contributed by atoms with Crippen molar-refractivity contribution in [2.75, 3.05) is 17.3 Å². The molecule has 2 aliphatic rings. The van der Waals surface area contributed by atoms with Gasteiger partial charge in [0.2, 0.25) is 5.91 Å². The van der Waals surface area contributed by atoms with Gasteiger partial charge in [-0.3, -0.25) is 19.5 Å². The Morgan fingerprint density at radius 3 is 2.57 bits per heavy atom. The second-order valence-electron chi connectivity index (χ2n) is 9.75. The largest absolute Gasteiger partial charge is 0.497 e. The summed E-state index contributed by atoms with van der Waals surface area (Å²) in [5, 5.41) is 3.59. The van der Waals surface area contributed by atoms with Crippen molar-refractivity contribution in [3.8, 4) is 5.75 Å². The van der Waals surface area contributed by atoms with Crippen molar-refractivity contribution in [2.24, 2.45) is 0 Å². The first kappa shape index (κ1) is 24.8. The highest BCUT2D eigenvalue weighted by molar-refractivity contribution is 6.06. The van der Waals surface area contributed by atoms with Crippen LogP contribution in [0.3, 0.4) is 0 Å². The molecule has 0 bridgehead atoms. The van der Waals surface area contributed by atoms with Crippen LogP contribution in [0.5, 0.6) is 5.75 Å². The summed E-state index contributed by atoms with van der Waals surface area (Å²) in [5.41, 5.74) is 5.12. The number of amides is 1. The standard InChI is InChI=1S/C31H33N3O3/c1-3-4-5-12-29(36)34-27-11-7-6-10-25(27)33-26-18-23(21-13-15-24(37-2)16-14-21)19-28(35)30(26)31(34)22-9-8-17-32-20-22/h6-11,13-17,20,23,31,33H,3-5,12,18-19H2,1-2H3/t23-,31+/m0/s1. The Balaban J connectivity index is 1.62. The Kier molecular flexibility index (Phi) is 7.35. The molecule has 3 aromatic rings. The van der Waals surface area contributed by atoms with Gasteiger partial charge in [-0.2, -0.15) is 0 Å². The maximum atomic E-state index is 14.0. The van der Waals surface area contributed by atoms with E-state index in [2.05, 4.69) is 17.2 Å². The molecule has 0 saturated carbocycles. The highest BCUT2D eigenvalue weighted by Gasteiger charge is 2.41. The molecule has 1 aliphatic heterocycles. The minimum atomic E-state index is -0.529. The van der Waals surface area contributed by atoms with Crippen molar-refractivity contribution in [2.45, 2.75) is 57.4 Å². The molecule has 2 atom stereocenters. The molecular formula is C31H33N3O3. The van der Waals surface area contributed by atoms with Crippen LogP contribution < -0.4 is 15.0 Å². The molecule has 37 heavy (non-hydrogen) atoms. The smallest absolute Gasteiger partial charge is 0.227 e. The number of allylic oxidation sites excluding steroid dienone is 1. The number of aromatic nitrogens is 1. The van der Waals surface area contributed by atoms with Crippen molar-refractivity contribution in [3.05, 3.63) is 95.5 Å². The van der Waals surface area contributed by atoms with Crippen LogP contribution in [-0.2, 0) is 9.59 Å². The van der Waals surface area contributed by atoms with Gasteiger partial charge in [0, 0.05) is 36.5 Å². The molecule has 0 saturated heterocycles. The fourth-order valence-corrected chi connectivity index (χ4v) is 5.48. The van der Waals surface area contributed by atoms with Crippen molar-refractivity contribution >= 4 is 23.1 Å². The maximum Gasteiger partial charge on any atom is 0.227 e. The summed E-state index contributed by atoms with van der Waals surface area (Å²) in [6.45, 7) is 2.13. The molecule has 1 amide bonds. The third kappa shape index (κ3) is 5.01. The van der Waals surface area contributed by atoms with Crippen LogP contribution in [0.2, 0.25) is 0 Å². The minimum Gasteiger partial charge on any atom is -0.497 e. The van der Waals surface area contributed by atoms with E-state index in [4.69, 9.17) is 4.74 Å². The number of Topliss-reactive ketones (excluding diaryl/α,β-unsaturated/α-hetero) is 1. The molecular weight excluding hydrogens is 462 g/mol. The molecule has 0 spiro atoms. The molecule has 2 aromatic carbocycles. The molecule has 5 rings (SSSR count). The van der Waals surface area contributed by atoms with E-state index in [9.17, 15) is 9.59 Å². The fourth-order valence-electron chi connectivity index (χ4n) is 5.48. The predicted molar refractivity (Wildman–Crippen MR) is 146 cm³/mol. The number of nitrogens with zero attached hydrogens (tertiary/aromatic N) is 2. The number of rotatable bonds is 7. The van der Waals surface area contributed by atoms with E-state index in [0.717, 1.165) is 53.2 Å². The lowest BCUT2D eigenvalue weighted by atomic mass is 9.78. The number of methoxy groups -OCH3 is 1. The van der Waals surface area contributed by atoms with Gasteiger partial charge in [0.25, 0.3) is 0 Å². The SMILES string of the molecule is CCCCCC(=O)N1c2ccccc2NC2=C(C(=O)C[C@@H](c3ccc(OC)cc3)C2)[C@H]1c1cccnc1. The Bertz CT molecular complexity index is 1300. The molecule has 0 fully saturated rings. The van der Waals surface area contributed by atoms with Crippen LogP contribution >= 0.6 is 0 Å². The van der Waals surface area contributed by atoms with Crippen LogP contribution in [0.25, 0.3) is 0 Å². The van der Waals surface area contributed by atoms with Gasteiger partial charge in [0.15, 0.2) is 5.78 Å². The Hall–Kier alpha value is -3.93. The molecule has 1 aromatic heterocycles. The summed E-state index contributed by atoms with van der Waals surface area (Å²) in [6, 6.07) is 19.1. The number of ketones is 1. The molecule has 0 radical (unpaired) electrons. The molecule has 0 unspecified atom stereocenters. The second kappa shape index (κ2) is 11.0. The highest BCUT2D eigenvalue weighted by atomic mass is 16.5. The third-order valence-corrected chi connectivity index (χ3v) is 7.34. The van der Waals surface area contributed by atoms with Crippen molar-refractivity contribution in [1.29, 1.82) is 0 Å². The second-order valence-corrected chi connectivity index (χ2v) is 9.75. The Labute approximate surface area is 218 Å². The first-order valence-corrected chi connectivity index (χ1v) is 13.1. The minimum absolute atomic E-state index is 0.0235. The van der Waals surface area contributed by atoms with Crippen LogP contribution in [0.15, 0.2) is 84.3 Å². The van der Waals surface area contributed by atoms with Crippen LogP contribution in [0.1, 0.15) is 68.5 Å². The number of carbonyl (C=O) groups excluding carboxylic acids is 2. The van der Waals surface area contributed by atoms with Crippen LogP contribution in [0.4, 0.5) is 11.4 Å². The van der Waals surface area contributed by atoms with Gasteiger partial charge in [-0.05, 0) is 60.2 Å². The number of anilines is 2. The zero-order valence-electron chi connectivity index (χ0n) is 21.4. The average molecular weight is 496 g/mol. The summed E-state index contributed by atoms with van der Waals surface area (Å²) in [5.74, 6) is 0.914. The lowest BCUT2D eigenvalue weighted by Gasteiger charge is -2.35. The topological polar surface area (TPSA) is 71.5 Å². The number of fused-ring (bicyclic) bond motifs is 1. The zero-order valence-corrected chi connectivity index (χ0v) is 21.4. The number of carbonyl (C=O) groups is 2. The first-order chi connectivity index (χ1) is 18.1. The number of ether oxygens (including phenoxy) is 1. The van der Waals surface area contributed by atoms with E-state index in [1.165, 1.54) is 0 Å². The average Bonchev–Trinajstić information content (AvgIpc) is 3.08. The summed E-state index contributed by atoms with van der Waals surface area (Å²) in [7, 11) is 1.65. The monoisotopic (exact) mass is 495 g/mol. The maximum absolute atomic E-state index is 14.0. The van der Waals surface area contributed by atoms with E-state index in [1.807, 2.05) is 65.6 Å². The summed E-state index contributed by atoms with van der Waals surface area (Å²) >= 11 is 0. The number of unbranched alkanes of at least 4 members (excludes halogenated alkanes) is 2. The number of nitrogens with one attached hydrogen (secondary N) is 1. The van der Waals surface area contributed by atoms with E-state index in [0.29, 0.717) is 24.8 Å². The van der Waals surface area contributed by atoms with Gasteiger partial charge >= 0.3 is 0 Å². The molecule has 6 nitrogen and oxygen atoms in total. The van der Waals surface area contributed by atoms with Gasteiger partial charge < -0.3 is 10.1 Å². The van der Waals surface area contributed by atoms with E-state index < -0.39 is 6.04 Å². The fraction of sp³-hybridized carbons (Fsp3) is 0.323. The van der Waals surface area contributed by atoms with Gasteiger partial charge in [-0.1, -0.05) is 50.1 Å². The van der Waals surface area contributed by atoms with E-state index >= 15 is 0 Å². The Morgan fingerprint density at radius 2 is 1.84 bits per heavy atom. The molecule has 1 aliphatic carbocycles. The molecule has 2 heterocycles. The molecule has 190 valence electrons. The summed E-state index contributed by atoms with van der Waals surface area (Å²) in [4.78, 5) is 34.0. The van der Waals surface area contributed by atoms with Crippen LogP contribution in [0, 0.1) is 0 Å². The molecule has 1 N–H and O–H groups in total. The lowest BCUT2D eigenvalue weighted by Crippen LogP contribution is -2.38. The van der Waals surface area contributed by atoms with Crippen molar-refractivity contribution in [3.63, 3.8) is 0 Å². The first-order valence-electron chi connectivity index (χ1n) is 13.1. The van der Waals surface area contributed by atoms with E-state index in [1.54, 1.807) is 19.5 Å². The van der Waals surface area contributed by atoms with E-state index in [-0.39, 0.29) is 17.6 Å².